The highest BCUT2D eigenvalue weighted by atomic mass is 35.5. The van der Waals surface area contributed by atoms with E-state index in [1.165, 1.54) is 0 Å². The van der Waals surface area contributed by atoms with Crippen molar-refractivity contribution in [3.63, 3.8) is 0 Å². The van der Waals surface area contributed by atoms with Gasteiger partial charge in [-0.1, -0.05) is 41.9 Å². The molecule has 0 aliphatic carbocycles. The number of aromatic nitrogens is 1. The molecule has 1 N–H and O–H groups in total. The third kappa shape index (κ3) is 4.20. The van der Waals surface area contributed by atoms with Crippen molar-refractivity contribution in [3.8, 4) is 0 Å². The molecule has 0 radical (unpaired) electrons. The van der Waals surface area contributed by atoms with Gasteiger partial charge < -0.3 is 9.73 Å². The van der Waals surface area contributed by atoms with E-state index >= 15 is 0 Å². The average Bonchev–Trinajstić information content (AvgIpc) is 2.70. The molecule has 0 bridgehead atoms. The second-order valence-corrected chi connectivity index (χ2v) is 7.10. The summed E-state index contributed by atoms with van der Waals surface area (Å²) in [5.41, 5.74) is 3.52. The number of aryl methyl sites for hydroxylation is 2. The Morgan fingerprint density at radius 3 is 2.69 bits per heavy atom. The lowest BCUT2D eigenvalue weighted by Crippen LogP contribution is -2.22. The zero-order valence-electron chi connectivity index (χ0n) is 15.9. The highest BCUT2D eigenvalue weighted by Crippen LogP contribution is 2.23. The molecule has 2 heterocycles. The standard InChI is InChI=1S/C23H18ClN3O2/c1-14-10-11-17(24)13-19(14)26-23-18(12-16-7-3-4-8-20(16)29-23)22(28)27-21-9-5-6-15(2)25-21/h3-13H,1-2H3,(H,25,27,28). The van der Waals surface area contributed by atoms with Crippen molar-refractivity contribution in [1.29, 1.82) is 0 Å². The number of amides is 1. The molecule has 0 atom stereocenters. The van der Waals surface area contributed by atoms with Crippen LogP contribution in [0.25, 0.3) is 11.0 Å². The number of hydrogen-bond acceptors (Lipinski definition) is 4. The van der Waals surface area contributed by atoms with E-state index in [2.05, 4.69) is 15.3 Å². The fourth-order valence-corrected chi connectivity index (χ4v) is 3.09. The maximum atomic E-state index is 13.0. The number of nitrogens with one attached hydrogen (secondary N) is 1. The van der Waals surface area contributed by atoms with Crippen molar-refractivity contribution in [3.05, 3.63) is 94.1 Å². The predicted octanol–water partition coefficient (Wildman–Crippen LogP) is 5.58. The summed E-state index contributed by atoms with van der Waals surface area (Å²) in [6.07, 6.45) is 0. The minimum atomic E-state index is -0.351. The first-order valence-electron chi connectivity index (χ1n) is 9.08. The summed E-state index contributed by atoms with van der Waals surface area (Å²) in [4.78, 5) is 22.0. The third-order valence-electron chi connectivity index (χ3n) is 4.42. The predicted molar refractivity (Wildman–Crippen MR) is 115 cm³/mol. The van der Waals surface area contributed by atoms with Gasteiger partial charge in [-0.05, 0) is 55.8 Å². The first-order chi connectivity index (χ1) is 14.0. The molecule has 5 nitrogen and oxygen atoms in total. The Kier molecular flexibility index (Phi) is 5.14. The van der Waals surface area contributed by atoms with Crippen molar-refractivity contribution < 1.29 is 9.21 Å². The van der Waals surface area contributed by atoms with Gasteiger partial charge >= 0.3 is 0 Å². The number of halogens is 1. The van der Waals surface area contributed by atoms with Crippen LogP contribution < -0.4 is 10.9 Å². The lowest BCUT2D eigenvalue weighted by atomic mass is 10.1. The summed E-state index contributed by atoms with van der Waals surface area (Å²) < 4.78 is 5.98. The molecule has 0 aliphatic rings. The molecule has 0 unspecified atom stereocenters. The smallest absolute Gasteiger partial charge is 0.262 e. The van der Waals surface area contributed by atoms with Crippen LogP contribution in [0.2, 0.25) is 5.02 Å². The molecule has 0 fully saturated rings. The van der Waals surface area contributed by atoms with E-state index in [1.54, 1.807) is 24.3 Å². The van der Waals surface area contributed by atoms with Gasteiger partial charge in [-0.3, -0.25) is 4.79 Å². The number of para-hydroxylation sites is 1. The maximum Gasteiger partial charge on any atom is 0.262 e. The van der Waals surface area contributed by atoms with Crippen LogP contribution in [0.3, 0.4) is 0 Å². The Hall–Kier alpha value is -3.44. The number of hydrogen-bond donors (Lipinski definition) is 1. The molecule has 4 rings (SSSR count). The second kappa shape index (κ2) is 7.89. The maximum absolute atomic E-state index is 13.0. The van der Waals surface area contributed by atoms with Crippen molar-refractivity contribution in [2.75, 3.05) is 5.32 Å². The minimum Gasteiger partial charge on any atom is -0.438 e. The molecule has 29 heavy (non-hydrogen) atoms. The topological polar surface area (TPSA) is 67.5 Å². The normalized spacial score (nSPS) is 11.6. The molecule has 1 amide bonds. The van der Waals surface area contributed by atoms with E-state index < -0.39 is 0 Å². The molecule has 144 valence electrons. The van der Waals surface area contributed by atoms with E-state index in [9.17, 15) is 4.79 Å². The first kappa shape index (κ1) is 18.9. The Labute approximate surface area is 172 Å². The van der Waals surface area contributed by atoms with E-state index in [0.717, 1.165) is 16.6 Å². The summed E-state index contributed by atoms with van der Waals surface area (Å²) in [5.74, 6) is 0.115. The van der Waals surface area contributed by atoms with Crippen molar-refractivity contribution >= 4 is 40.0 Å². The van der Waals surface area contributed by atoms with Gasteiger partial charge in [0.2, 0.25) is 5.55 Å². The van der Waals surface area contributed by atoms with Crippen LogP contribution in [0.5, 0.6) is 0 Å². The minimum absolute atomic E-state index is 0.208. The highest BCUT2D eigenvalue weighted by molar-refractivity contribution is 6.30. The van der Waals surface area contributed by atoms with Crippen LogP contribution in [-0.4, -0.2) is 10.9 Å². The molecule has 4 aromatic rings. The van der Waals surface area contributed by atoms with E-state index in [4.69, 9.17) is 16.0 Å². The highest BCUT2D eigenvalue weighted by Gasteiger charge is 2.14. The Morgan fingerprint density at radius 1 is 1.03 bits per heavy atom. The first-order valence-corrected chi connectivity index (χ1v) is 9.46. The molecule has 0 saturated carbocycles. The zero-order valence-corrected chi connectivity index (χ0v) is 16.7. The number of benzene rings is 2. The van der Waals surface area contributed by atoms with Crippen LogP contribution in [0, 0.1) is 13.8 Å². The summed E-state index contributed by atoms with van der Waals surface area (Å²) in [6.45, 7) is 3.79. The largest absolute Gasteiger partial charge is 0.438 e. The average molecular weight is 404 g/mol. The van der Waals surface area contributed by atoms with E-state index in [-0.39, 0.29) is 11.5 Å². The third-order valence-corrected chi connectivity index (χ3v) is 4.66. The second-order valence-electron chi connectivity index (χ2n) is 6.66. The van der Waals surface area contributed by atoms with Crippen LogP contribution in [-0.2, 0) is 0 Å². The van der Waals surface area contributed by atoms with Crippen molar-refractivity contribution in [1.82, 2.24) is 4.98 Å². The number of carbonyl (C=O) groups is 1. The quantitative estimate of drug-likeness (QED) is 0.485. The summed E-state index contributed by atoms with van der Waals surface area (Å²) in [7, 11) is 0. The zero-order chi connectivity index (χ0) is 20.4. The van der Waals surface area contributed by atoms with Gasteiger partial charge in [-0.15, -0.1) is 0 Å². The summed E-state index contributed by atoms with van der Waals surface area (Å²) in [6, 6.07) is 20.1. The molecular weight excluding hydrogens is 386 g/mol. The van der Waals surface area contributed by atoms with Gasteiger partial charge in [0.1, 0.15) is 17.0 Å². The lowest BCUT2D eigenvalue weighted by Gasteiger charge is -2.07. The van der Waals surface area contributed by atoms with E-state index in [0.29, 0.717) is 27.7 Å². The van der Waals surface area contributed by atoms with Crippen LogP contribution in [0.4, 0.5) is 11.5 Å². The number of fused-ring (bicyclic) bond motifs is 1. The molecule has 2 aromatic heterocycles. The fraction of sp³-hybridized carbons (Fsp3) is 0.0870. The number of rotatable bonds is 3. The molecule has 0 aliphatic heterocycles. The lowest BCUT2D eigenvalue weighted by molar-refractivity contribution is 0.102. The van der Waals surface area contributed by atoms with Crippen LogP contribution in [0.15, 0.2) is 76.1 Å². The molecule has 0 spiro atoms. The monoisotopic (exact) mass is 403 g/mol. The molecule has 2 aromatic carbocycles. The van der Waals surface area contributed by atoms with Gasteiger partial charge in [0.15, 0.2) is 0 Å². The van der Waals surface area contributed by atoms with Gasteiger partial charge in [0.05, 0.1) is 5.69 Å². The number of nitrogens with zero attached hydrogens (tertiary/aromatic N) is 2. The number of pyridine rings is 1. The van der Waals surface area contributed by atoms with Gasteiger partial charge in [-0.25, -0.2) is 9.98 Å². The van der Waals surface area contributed by atoms with Crippen molar-refractivity contribution in [2.45, 2.75) is 13.8 Å². The Bertz CT molecular complexity index is 1290. The Morgan fingerprint density at radius 2 is 1.86 bits per heavy atom. The van der Waals surface area contributed by atoms with Crippen molar-refractivity contribution in [2.24, 2.45) is 4.99 Å². The number of carbonyl (C=O) groups excluding carboxylic acids is 1. The van der Waals surface area contributed by atoms with Crippen LogP contribution in [0.1, 0.15) is 21.6 Å². The fourth-order valence-electron chi connectivity index (χ4n) is 2.92. The molecular formula is C23H18ClN3O2. The van der Waals surface area contributed by atoms with E-state index in [1.807, 2.05) is 56.3 Å². The van der Waals surface area contributed by atoms with Gasteiger partial charge in [0.25, 0.3) is 5.91 Å². The van der Waals surface area contributed by atoms with Gasteiger partial charge in [-0.2, -0.15) is 0 Å². The molecule has 0 saturated heterocycles. The van der Waals surface area contributed by atoms with Crippen LogP contribution >= 0.6 is 11.6 Å². The summed E-state index contributed by atoms with van der Waals surface area (Å²) in [5, 5.41) is 4.18. The Balaban J connectivity index is 1.87. The summed E-state index contributed by atoms with van der Waals surface area (Å²) >= 11 is 6.12. The molecule has 6 heteroatoms. The number of anilines is 1. The SMILES string of the molecule is Cc1cccc(NC(=O)c2cc3ccccc3oc2=Nc2cc(Cl)ccc2C)n1. The van der Waals surface area contributed by atoms with Gasteiger partial charge in [0, 0.05) is 16.1 Å².